The first kappa shape index (κ1) is 15.8. The molecule has 0 spiro atoms. The summed E-state index contributed by atoms with van der Waals surface area (Å²) in [6, 6.07) is 1.68. The van der Waals surface area contributed by atoms with E-state index in [0.717, 1.165) is 33.1 Å². The van der Waals surface area contributed by atoms with Gasteiger partial charge in [-0.1, -0.05) is 25.7 Å². The van der Waals surface area contributed by atoms with E-state index >= 15 is 0 Å². The molecule has 3 aliphatic carbocycles. The number of ether oxygens (including phenoxy) is 1. The molecule has 0 aromatic rings. The molecule has 4 heteroatoms. The Kier molecular flexibility index (Phi) is 4.41. The molecule has 2 nitrogen and oxygen atoms in total. The number of nitrogens with zero attached hydrogens (tertiary/aromatic N) is 1. The summed E-state index contributed by atoms with van der Waals surface area (Å²) in [5, 5.41) is 3.33. The SMILES string of the molecule is CN1C2CCCCC2SC2CC3OC4CCCCC4SC3CC21. The van der Waals surface area contributed by atoms with Crippen LogP contribution in [0.25, 0.3) is 0 Å². The predicted octanol–water partition coefficient (Wildman–Crippen LogP) is 4.32. The van der Waals surface area contributed by atoms with Gasteiger partial charge >= 0.3 is 0 Å². The summed E-state index contributed by atoms with van der Waals surface area (Å²) in [4.78, 5) is 2.81. The fourth-order valence-electron chi connectivity index (χ4n) is 5.94. The van der Waals surface area contributed by atoms with E-state index < -0.39 is 0 Å². The van der Waals surface area contributed by atoms with Crippen molar-refractivity contribution in [2.75, 3.05) is 7.05 Å². The molecule has 8 unspecified atom stereocenters. The smallest absolute Gasteiger partial charge is 0.0709 e. The van der Waals surface area contributed by atoms with Gasteiger partial charge in [-0.25, -0.2) is 0 Å². The van der Waals surface area contributed by atoms with Gasteiger partial charge in [0.05, 0.1) is 12.2 Å². The van der Waals surface area contributed by atoms with Crippen molar-refractivity contribution < 1.29 is 4.74 Å². The van der Waals surface area contributed by atoms with Crippen LogP contribution in [0.1, 0.15) is 64.2 Å². The molecule has 8 atom stereocenters. The largest absolute Gasteiger partial charge is 0.373 e. The molecule has 2 aliphatic heterocycles. The third-order valence-electron chi connectivity index (χ3n) is 7.19. The predicted molar refractivity (Wildman–Crippen MR) is 101 cm³/mol. The minimum Gasteiger partial charge on any atom is -0.373 e. The van der Waals surface area contributed by atoms with E-state index in [1.54, 1.807) is 0 Å². The topological polar surface area (TPSA) is 12.5 Å². The average Bonchev–Trinajstić information content (AvgIpc) is 2.59. The van der Waals surface area contributed by atoms with Crippen LogP contribution in [0.15, 0.2) is 0 Å². The van der Waals surface area contributed by atoms with Gasteiger partial charge < -0.3 is 4.74 Å². The zero-order chi connectivity index (χ0) is 15.4. The number of fused-ring (bicyclic) bond motifs is 4. The first-order valence-corrected chi connectivity index (χ1v) is 11.9. The van der Waals surface area contributed by atoms with Crippen molar-refractivity contribution in [2.24, 2.45) is 0 Å². The monoisotopic (exact) mass is 353 g/mol. The molecule has 5 aliphatic rings. The quantitative estimate of drug-likeness (QED) is 0.643. The average molecular weight is 354 g/mol. The summed E-state index contributed by atoms with van der Waals surface area (Å²) in [6.45, 7) is 0. The van der Waals surface area contributed by atoms with Crippen molar-refractivity contribution in [2.45, 2.75) is 109 Å². The van der Waals surface area contributed by atoms with Crippen LogP contribution >= 0.6 is 23.5 Å². The van der Waals surface area contributed by atoms with E-state index in [-0.39, 0.29) is 0 Å². The number of rotatable bonds is 0. The van der Waals surface area contributed by atoms with Crippen molar-refractivity contribution in [3.05, 3.63) is 0 Å². The summed E-state index contributed by atoms with van der Waals surface area (Å²) in [5.74, 6) is 0. The summed E-state index contributed by atoms with van der Waals surface area (Å²) >= 11 is 4.68. The van der Waals surface area contributed by atoms with Crippen molar-refractivity contribution in [1.29, 1.82) is 0 Å². The van der Waals surface area contributed by atoms with E-state index in [4.69, 9.17) is 4.74 Å². The van der Waals surface area contributed by atoms with Gasteiger partial charge in [-0.3, -0.25) is 4.90 Å². The fourth-order valence-corrected chi connectivity index (χ4v) is 9.77. The second kappa shape index (κ2) is 6.41. The van der Waals surface area contributed by atoms with Crippen LogP contribution in [0, 0.1) is 0 Å². The highest BCUT2D eigenvalue weighted by atomic mass is 32.2. The van der Waals surface area contributed by atoms with Crippen molar-refractivity contribution in [3.8, 4) is 0 Å². The van der Waals surface area contributed by atoms with Crippen LogP contribution in [0.3, 0.4) is 0 Å². The molecule has 0 N–H and O–H groups in total. The molecule has 0 aromatic heterocycles. The Labute approximate surface area is 149 Å². The standard InChI is InChI=1S/C19H31NOS2/c1-20-12-6-2-4-8-16(12)22-18-11-15-19(10-13(18)20)23-17-9-5-3-7-14(17)21-15/h12-19H,2-11H2,1H3. The zero-order valence-corrected chi connectivity index (χ0v) is 16.0. The Hall–Kier alpha value is 0.620. The van der Waals surface area contributed by atoms with Gasteiger partial charge in [-0.05, 0) is 45.6 Å². The summed E-state index contributed by atoms with van der Waals surface area (Å²) in [7, 11) is 2.44. The Morgan fingerprint density at radius 3 is 2.35 bits per heavy atom. The number of thioether (sulfide) groups is 2. The van der Waals surface area contributed by atoms with Gasteiger partial charge in [0, 0.05) is 33.1 Å². The maximum absolute atomic E-state index is 6.66. The van der Waals surface area contributed by atoms with E-state index in [2.05, 4.69) is 35.5 Å². The molecule has 23 heavy (non-hydrogen) atoms. The van der Waals surface area contributed by atoms with Crippen LogP contribution in [-0.2, 0) is 4.74 Å². The molecule has 130 valence electrons. The molecular weight excluding hydrogens is 322 g/mol. The van der Waals surface area contributed by atoms with Gasteiger partial charge in [0.15, 0.2) is 0 Å². The lowest BCUT2D eigenvalue weighted by molar-refractivity contribution is -0.0586. The normalized spacial score (nSPS) is 53.6. The van der Waals surface area contributed by atoms with Gasteiger partial charge in [-0.15, -0.1) is 11.8 Å². The van der Waals surface area contributed by atoms with Gasteiger partial charge in [-0.2, -0.15) is 11.8 Å². The molecule has 2 heterocycles. The molecule has 2 saturated heterocycles. The van der Waals surface area contributed by atoms with E-state index in [1.165, 1.54) is 64.2 Å². The van der Waals surface area contributed by atoms with Crippen molar-refractivity contribution in [3.63, 3.8) is 0 Å². The Bertz CT molecular complexity index is 447. The van der Waals surface area contributed by atoms with Crippen LogP contribution < -0.4 is 0 Å². The molecule has 0 bridgehead atoms. The molecule has 0 aromatic carbocycles. The van der Waals surface area contributed by atoms with Crippen LogP contribution in [0.2, 0.25) is 0 Å². The maximum Gasteiger partial charge on any atom is 0.0709 e. The molecule has 0 amide bonds. The van der Waals surface area contributed by atoms with Gasteiger partial charge in [0.1, 0.15) is 0 Å². The van der Waals surface area contributed by atoms with Crippen LogP contribution in [-0.4, -0.2) is 57.2 Å². The van der Waals surface area contributed by atoms with Gasteiger partial charge in [0.25, 0.3) is 0 Å². The third kappa shape index (κ3) is 2.80. The lowest BCUT2D eigenvalue weighted by atomic mass is 9.85. The summed E-state index contributed by atoms with van der Waals surface area (Å²) < 4.78 is 6.66. The molecule has 5 fully saturated rings. The summed E-state index contributed by atoms with van der Waals surface area (Å²) in [6.07, 6.45) is 15.2. The van der Waals surface area contributed by atoms with E-state index in [0.29, 0.717) is 12.2 Å². The number of hydrogen-bond acceptors (Lipinski definition) is 4. The molecular formula is C19H31NOS2. The first-order valence-electron chi connectivity index (χ1n) is 9.98. The highest BCUT2D eigenvalue weighted by Crippen LogP contribution is 2.51. The highest BCUT2D eigenvalue weighted by molar-refractivity contribution is 8.01. The van der Waals surface area contributed by atoms with Crippen LogP contribution in [0.5, 0.6) is 0 Å². The lowest BCUT2D eigenvalue weighted by Crippen LogP contribution is -2.61. The number of hydrogen-bond donors (Lipinski definition) is 0. The van der Waals surface area contributed by atoms with Crippen molar-refractivity contribution >= 4 is 23.5 Å². The van der Waals surface area contributed by atoms with Crippen LogP contribution in [0.4, 0.5) is 0 Å². The summed E-state index contributed by atoms with van der Waals surface area (Å²) in [5.41, 5.74) is 0. The fraction of sp³-hybridized carbons (Fsp3) is 1.00. The Morgan fingerprint density at radius 2 is 1.43 bits per heavy atom. The molecule has 3 saturated carbocycles. The second-order valence-electron chi connectivity index (χ2n) is 8.48. The second-order valence-corrected chi connectivity index (χ2v) is 11.4. The lowest BCUT2D eigenvalue weighted by Gasteiger charge is -2.56. The maximum atomic E-state index is 6.66. The van der Waals surface area contributed by atoms with E-state index in [1.807, 2.05) is 0 Å². The van der Waals surface area contributed by atoms with Gasteiger partial charge in [0.2, 0.25) is 0 Å². The third-order valence-corrected chi connectivity index (χ3v) is 10.7. The minimum atomic E-state index is 0.557. The molecule has 5 rings (SSSR count). The highest BCUT2D eigenvalue weighted by Gasteiger charge is 2.51. The Balaban J connectivity index is 1.32. The molecule has 0 radical (unpaired) electrons. The minimum absolute atomic E-state index is 0.557. The Morgan fingerprint density at radius 1 is 0.696 bits per heavy atom. The zero-order valence-electron chi connectivity index (χ0n) is 14.4. The van der Waals surface area contributed by atoms with E-state index in [9.17, 15) is 0 Å². The van der Waals surface area contributed by atoms with Crippen molar-refractivity contribution in [1.82, 2.24) is 4.90 Å². The first-order chi connectivity index (χ1) is 11.3.